The molecule has 0 unspecified atom stereocenters. The fourth-order valence-corrected chi connectivity index (χ4v) is 10.6. The van der Waals surface area contributed by atoms with E-state index in [1.807, 2.05) is 50.0 Å². The van der Waals surface area contributed by atoms with Gasteiger partial charge in [0.2, 0.25) is 5.91 Å². The molecule has 5 nitrogen and oxygen atoms in total. The Bertz CT molecular complexity index is 1070. The third-order valence-corrected chi connectivity index (χ3v) is 12.4. The SMILES string of the molecule is C=CCC(=O)N1[C@H](CO[Si](c2ccccc2)(c2ccccc2)C(C)(C)C)[C@H]2OC(C)(C)O[C@H]2[C@@H]1/C=C\C. The Morgan fingerprint density at radius 1 is 1.03 bits per heavy atom. The van der Waals surface area contributed by atoms with Gasteiger partial charge < -0.3 is 18.8 Å². The number of fused-ring (bicyclic) bond motifs is 1. The molecule has 2 heterocycles. The Morgan fingerprint density at radius 3 is 2.05 bits per heavy atom. The van der Waals surface area contributed by atoms with Gasteiger partial charge in [-0.25, -0.2) is 0 Å². The first kappa shape index (κ1) is 27.5. The standard InChI is InChI=1S/C31H41NO4Si/c1-8-16-25-28-29(36-31(6,7)35-28)26(32(25)27(33)17-9-2)22-34-37(30(3,4)5,23-18-12-10-13-19-23)24-20-14-11-15-21-24/h8-16,18-21,25-26,28-29H,2,17,22H2,1,3-7H3/b16-8-/t25-,26+,28-,29+/m0/s1. The highest BCUT2D eigenvalue weighted by molar-refractivity contribution is 6.99. The normalized spacial score (nSPS) is 25.4. The maximum Gasteiger partial charge on any atom is 0.261 e. The second-order valence-electron chi connectivity index (χ2n) is 11.4. The molecule has 37 heavy (non-hydrogen) atoms. The summed E-state index contributed by atoms with van der Waals surface area (Å²) in [6.45, 7) is 16.8. The van der Waals surface area contributed by atoms with Gasteiger partial charge in [-0.15, -0.1) is 6.58 Å². The predicted octanol–water partition coefficient (Wildman–Crippen LogP) is 4.81. The van der Waals surface area contributed by atoms with E-state index in [2.05, 4.69) is 75.9 Å². The Hall–Kier alpha value is -2.51. The first-order chi connectivity index (χ1) is 17.6. The van der Waals surface area contributed by atoms with Crippen molar-refractivity contribution in [3.05, 3.63) is 85.5 Å². The van der Waals surface area contributed by atoms with E-state index in [4.69, 9.17) is 13.9 Å². The Kier molecular flexibility index (Phi) is 7.95. The fraction of sp³-hybridized carbons (Fsp3) is 0.452. The van der Waals surface area contributed by atoms with Crippen molar-refractivity contribution < 1.29 is 18.7 Å². The number of benzene rings is 2. The minimum atomic E-state index is -2.79. The van der Waals surface area contributed by atoms with Gasteiger partial charge in [0.15, 0.2) is 5.79 Å². The highest BCUT2D eigenvalue weighted by atomic mass is 28.4. The smallest absolute Gasteiger partial charge is 0.261 e. The second-order valence-corrected chi connectivity index (χ2v) is 15.7. The van der Waals surface area contributed by atoms with Crippen LogP contribution in [0.1, 0.15) is 48.0 Å². The molecule has 0 spiro atoms. The number of carbonyl (C=O) groups is 1. The molecule has 2 aliphatic rings. The van der Waals surface area contributed by atoms with Gasteiger partial charge in [-0.05, 0) is 36.2 Å². The zero-order chi connectivity index (χ0) is 26.8. The summed E-state index contributed by atoms with van der Waals surface area (Å²) in [6.07, 6.45) is 5.40. The first-order valence-electron chi connectivity index (χ1n) is 13.2. The Labute approximate surface area is 223 Å². The van der Waals surface area contributed by atoms with Crippen LogP contribution in [-0.2, 0) is 18.7 Å². The molecule has 0 aromatic heterocycles. The lowest BCUT2D eigenvalue weighted by Gasteiger charge is -2.44. The number of hydrogen-bond donors (Lipinski definition) is 0. The molecule has 6 heteroatoms. The van der Waals surface area contributed by atoms with Gasteiger partial charge in [-0.2, -0.15) is 0 Å². The number of hydrogen-bond acceptors (Lipinski definition) is 4. The molecule has 198 valence electrons. The minimum absolute atomic E-state index is 0.00792. The molecule has 4 atom stereocenters. The van der Waals surface area contributed by atoms with Crippen LogP contribution in [0.4, 0.5) is 0 Å². The van der Waals surface area contributed by atoms with Crippen molar-refractivity contribution in [1.29, 1.82) is 0 Å². The van der Waals surface area contributed by atoms with Gasteiger partial charge in [0.1, 0.15) is 12.2 Å². The number of rotatable bonds is 8. The fourth-order valence-electron chi connectivity index (χ4n) is 6.04. The average Bonchev–Trinajstić information content (AvgIpc) is 3.31. The van der Waals surface area contributed by atoms with Crippen molar-refractivity contribution in [1.82, 2.24) is 4.90 Å². The van der Waals surface area contributed by atoms with E-state index in [0.29, 0.717) is 6.61 Å². The van der Waals surface area contributed by atoms with E-state index in [1.165, 1.54) is 10.4 Å². The molecular weight excluding hydrogens is 478 g/mol. The highest BCUT2D eigenvalue weighted by Crippen LogP contribution is 2.43. The van der Waals surface area contributed by atoms with Crippen LogP contribution in [0.2, 0.25) is 5.04 Å². The quantitative estimate of drug-likeness (QED) is 0.371. The van der Waals surface area contributed by atoms with Crippen molar-refractivity contribution in [2.75, 3.05) is 6.61 Å². The minimum Gasteiger partial charge on any atom is -0.405 e. The van der Waals surface area contributed by atoms with Crippen LogP contribution in [-0.4, -0.2) is 55.8 Å². The number of likely N-dealkylation sites (tertiary alicyclic amines) is 1. The van der Waals surface area contributed by atoms with E-state index in [-0.39, 0.29) is 41.7 Å². The van der Waals surface area contributed by atoms with Gasteiger partial charge in [0, 0.05) is 6.42 Å². The summed E-state index contributed by atoms with van der Waals surface area (Å²) >= 11 is 0. The lowest BCUT2D eigenvalue weighted by molar-refractivity contribution is -0.172. The molecule has 2 saturated heterocycles. The number of carbonyl (C=O) groups excluding carboxylic acids is 1. The predicted molar refractivity (Wildman–Crippen MR) is 151 cm³/mol. The maximum absolute atomic E-state index is 13.5. The molecule has 2 aromatic rings. The van der Waals surface area contributed by atoms with E-state index in [1.54, 1.807) is 6.08 Å². The number of ether oxygens (including phenoxy) is 2. The molecule has 0 bridgehead atoms. The van der Waals surface area contributed by atoms with Crippen LogP contribution in [0, 0.1) is 0 Å². The molecule has 4 rings (SSSR count). The molecule has 0 radical (unpaired) electrons. The van der Waals surface area contributed by atoms with E-state index in [9.17, 15) is 4.79 Å². The van der Waals surface area contributed by atoms with E-state index in [0.717, 1.165) is 0 Å². The van der Waals surface area contributed by atoms with Crippen LogP contribution in [0.5, 0.6) is 0 Å². The van der Waals surface area contributed by atoms with E-state index < -0.39 is 14.1 Å². The second kappa shape index (κ2) is 10.7. The van der Waals surface area contributed by atoms with Crippen molar-refractivity contribution in [2.24, 2.45) is 0 Å². The van der Waals surface area contributed by atoms with Crippen LogP contribution < -0.4 is 10.4 Å². The van der Waals surface area contributed by atoms with Crippen molar-refractivity contribution in [3.8, 4) is 0 Å². The summed E-state index contributed by atoms with van der Waals surface area (Å²) < 4.78 is 20.1. The van der Waals surface area contributed by atoms with Crippen molar-refractivity contribution >= 4 is 24.6 Å². The van der Waals surface area contributed by atoms with Gasteiger partial charge in [-0.3, -0.25) is 4.79 Å². The van der Waals surface area contributed by atoms with Crippen LogP contribution >= 0.6 is 0 Å². The highest BCUT2D eigenvalue weighted by Gasteiger charge is 2.59. The molecular formula is C31H41NO4Si. The summed E-state index contributed by atoms with van der Waals surface area (Å²) in [4.78, 5) is 15.4. The molecule has 0 N–H and O–H groups in total. The molecule has 0 aliphatic carbocycles. The van der Waals surface area contributed by atoms with Crippen LogP contribution in [0.15, 0.2) is 85.5 Å². The summed E-state index contributed by atoms with van der Waals surface area (Å²) in [5.41, 5.74) is 0. The largest absolute Gasteiger partial charge is 0.405 e. The third kappa shape index (κ3) is 5.12. The van der Waals surface area contributed by atoms with Crippen LogP contribution in [0.25, 0.3) is 0 Å². The van der Waals surface area contributed by atoms with Crippen LogP contribution in [0.3, 0.4) is 0 Å². The molecule has 2 fully saturated rings. The van der Waals surface area contributed by atoms with E-state index >= 15 is 0 Å². The van der Waals surface area contributed by atoms with Crippen molar-refractivity contribution in [3.63, 3.8) is 0 Å². The Morgan fingerprint density at radius 2 is 1.57 bits per heavy atom. The summed E-state index contributed by atoms with van der Waals surface area (Å²) in [6, 6.07) is 20.6. The maximum atomic E-state index is 13.5. The molecule has 2 aromatic carbocycles. The number of allylic oxidation sites excluding steroid dienone is 1. The zero-order valence-corrected chi connectivity index (χ0v) is 24.0. The lowest BCUT2D eigenvalue weighted by Crippen LogP contribution is -2.67. The van der Waals surface area contributed by atoms with Gasteiger partial charge in [0.25, 0.3) is 8.32 Å². The number of amides is 1. The first-order valence-corrected chi connectivity index (χ1v) is 15.1. The molecule has 2 aliphatic heterocycles. The average molecular weight is 520 g/mol. The summed E-state index contributed by atoms with van der Waals surface area (Å²) in [5, 5.41) is 2.25. The van der Waals surface area contributed by atoms with Gasteiger partial charge >= 0.3 is 0 Å². The topological polar surface area (TPSA) is 48.0 Å². The molecule has 0 saturated carbocycles. The number of nitrogens with zero attached hydrogens (tertiary/aromatic N) is 1. The summed E-state index contributed by atoms with van der Waals surface area (Å²) in [7, 11) is -2.79. The molecule has 1 amide bonds. The zero-order valence-electron chi connectivity index (χ0n) is 23.0. The lowest BCUT2D eigenvalue weighted by atomic mass is 10.1. The van der Waals surface area contributed by atoms with Crippen molar-refractivity contribution in [2.45, 2.75) is 83.1 Å². The summed E-state index contributed by atoms with van der Waals surface area (Å²) in [5.74, 6) is -0.716. The Balaban J connectivity index is 1.80. The monoisotopic (exact) mass is 519 g/mol. The van der Waals surface area contributed by atoms with Gasteiger partial charge in [0.05, 0.1) is 18.7 Å². The van der Waals surface area contributed by atoms with Gasteiger partial charge in [-0.1, -0.05) is 99.7 Å². The third-order valence-electron chi connectivity index (χ3n) is 7.44.